The molecule has 0 radical (unpaired) electrons. The van der Waals surface area contributed by atoms with Gasteiger partial charge in [0.1, 0.15) is 6.17 Å². The molecule has 2 aliphatic heterocycles. The van der Waals surface area contributed by atoms with Crippen molar-refractivity contribution in [1.29, 1.82) is 0 Å². The molecule has 0 unspecified atom stereocenters. The van der Waals surface area contributed by atoms with Crippen LogP contribution in [0, 0.1) is 5.92 Å². The molecule has 90 valence electrons. The molecule has 2 saturated heterocycles. The molecular formula is C10H18N4O2. The molecule has 16 heavy (non-hydrogen) atoms. The third kappa shape index (κ3) is 1.40. The van der Waals surface area contributed by atoms with Crippen LogP contribution in [0.15, 0.2) is 0 Å². The first-order valence-electron chi connectivity index (χ1n) is 5.50. The first kappa shape index (κ1) is 11.0. The second kappa shape index (κ2) is 3.54. The molecule has 2 heterocycles. The van der Waals surface area contributed by atoms with Gasteiger partial charge in [0.2, 0.25) is 0 Å². The zero-order valence-electron chi connectivity index (χ0n) is 10.0. The summed E-state index contributed by atoms with van der Waals surface area (Å²) in [4.78, 5) is 26.5. The van der Waals surface area contributed by atoms with Gasteiger partial charge in [0.25, 0.3) is 0 Å². The number of carbonyl (C=O) groups is 2. The molecule has 0 spiro atoms. The van der Waals surface area contributed by atoms with Gasteiger partial charge >= 0.3 is 12.1 Å². The van der Waals surface area contributed by atoms with Crippen LogP contribution in [0.1, 0.15) is 13.8 Å². The summed E-state index contributed by atoms with van der Waals surface area (Å²) in [6, 6.07) is -0.0862. The number of urea groups is 2. The maximum absolute atomic E-state index is 11.7. The van der Waals surface area contributed by atoms with Gasteiger partial charge in [-0.25, -0.2) is 9.59 Å². The zero-order valence-corrected chi connectivity index (χ0v) is 10.0. The molecule has 0 aliphatic carbocycles. The summed E-state index contributed by atoms with van der Waals surface area (Å²) in [6.45, 7) is 3.99. The lowest BCUT2D eigenvalue weighted by Crippen LogP contribution is -2.73. The van der Waals surface area contributed by atoms with Gasteiger partial charge in [0.15, 0.2) is 0 Å². The molecule has 2 rings (SSSR count). The zero-order chi connectivity index (χ0) is 12.0. The van der Waals surface area contributed by atoms with E-state index in [1.807, 2.05) is 13.8 Å². The first-order chi connectivity index (χ1) is 7.43. The summed E-state index contributed by atoms with van der Waals surface area (Å²) in [5.41, 5.74) is 0. The molecule has 6 heteroatoms. The number of hydrogen-bond acceptors (Lipinski definition) is 2. The van der Waals surface area contributed by atoms with Crippen LogP contribution in [-0.4, -0.2) is 54.2 Å². The fraction of sp³-hybridized carbons (Fsp3) is 0.800. The van der Waals surface area contributed by atoms with Gasteiger partial charge in [0.05, 0.1) is 0 Å². The van der Waals surface area contributed by atoms with Crippen molar-refractivity contribution in [3.05, 3.63) is 0 Å². The fourth-order valence-electron chi connectivity index (χ4n) is 2.60. The van der Waals surface area contributed by atoms with Gasteiger partial charge in [-0.2, -0.15) is 0 Å². The SMILES string of the molecule is C[C@@H]1NC(=O)N(C)[C@@H]2NC(=O)N(C)[C@H](C)[C@@H]12. The molecule has 0 saturated carbocycles. The van der Waals surface area contributed by atoms with Crippen molar-refractivity contribution >= 4 is 12.1 Å². The number of nitrogens with zero attached hydrogens (tertiary/aromatic N) is 2. The van der Waals surface area contributed by atoms with Crippen LogP contribution in [0.25, 0.3) is 0 Å². The van der Waals surface area contributed by atoms with Crippen LogP contribution in [0.4, 0.5) is 9.59 Å². The van der Waals surface area contributed by atoms with Gasteiger partial charge in [-0.3, -0.25) is 0 Å². The normalized spacial score (nSPS) is 39.0. The Bertz CT molecular complexity index is 333. The molecular weight excluding hydrogens is 208 g/mol. The second-order valence-corrected chi connectivity index (χ2v) is 4.67. The van der Waals surface area contributed by atoms with Crippen molar-refractivity contribution in [1.82, 2.24) is 20.4 Å². The Kier molecular flexibility index (Phi) is 2.44. The lowest BCUT2D eigenvalue weighted by molar-refractivity contribution is 0.0318. The second-order valence-electron chi connectivity index (χ2n) is 4.67. The van der Waals surface area contributed by atoms with Gasteiger partial charge in [-0.05, 0) is 13.8 Å². The van der Waals surface area contributed by atoms with Gasteiger partial charge < -0.3 is 20.4 Å². The molecule has 2 aliphatic rings. The Balaban J connectivity index is 2.29. The summed E-state index contributed by atoms with van der Waals surface area (Å²) >= 11 is 0. The Morgan fingerprint density at radius 3 is 2.19 bits per heavy atom. The number of carbonyl (C=O) groups excluding carboxylic acids is 2. The third-order valence-electron chi connectivity index (χ3n) is 3.79. The quantitative estimate of drug-likeness (QED) is 0.611. The van der Waals surface area contributed by atoms with Crippen LogP contribution < -0.4 is 10.6 Å². The third-order valence-corrected chi connectivity index (χ3v) is 3.79. The van der Waals surface area contributed by atoms with Crippen molar-refractivity contribution < 1.29 is 9.59 Å². The maximum Gasteiger partial charge on any atom is 0.319 e. The number of hydrogen-bond donors (Lipinski definition) is 2. The summed E-state index contributed by atoms with van der Waals surface area (Å²) in [5.74, 6) is 0.199. The van der Waals surface area contributed by atoms with E-state index in [0.29, 0.717) is 0 Å². The van der Waals surface area contributed by atoms with Crippen molar-refractivity contribution in [2.24, 2.45) is 5.92 Å². The van der Waals surface area contributed by atoms with E-state index in [4.69, 9.17) is 0 Å². The minimum absolute atomic E-state index is 0.0618. The van der Waals surface area contributed by atoms with Crippen LogP contribution in [-0.2, 0) is 0 Å². The number of fused-ring (bicyclic) bond motifs is 1. The molecule has 6 nitrogen and oxygen atoms in total. The van der Waals surface area contributed by atoms with Crippen molar-refractivity contribution in [3.63, 3.8) is 0 Å². The summed E-state index contributed by atoms with van der Waals surface area (Å²) in [6.07, 6.45) is -0.206. The van der Waals surface area contributed by atoms with E-state index in [-0.39, 0.29) is 36.2 Å². The molecule has 4 atom stereocenters. The molecule has 2 fully saturated rings. The highest BCUT2D eigenvalue weighted by Gasteiger charge is 2.47. The van der Waals surface area contributed by atoms with E-state index >= 15 is 0 Å². The molecule has 0 aromatic heterocycles. The predicted molar refractivity (Wildman–Crippen MR) is 58.8 cm³/mol. The van der Waals surface area contributed by atoms with E-state index in [9.17, 15) is 9.59 Å². The Labute approximate surface area is 95.0 Å². The Hall–Kier alpha value is -1.46. The molecule has 0 bridgehead atoms. The first-order valence-corrected chi connectivity index (χ1v) is 5.50. The average Bonchev–Trinajstić information content (AvgIpc) is 2.22. The highest BCUT2D eigenvalue weighted by atomic mass is 16.2. The molecule has 4 amide bonds. The lowest BCUT2D eigenvalue weighted by Gasteiger charge is -2.51. The molecule has 2 N–H and O–H groups in total. The van der Waals surface area contributed by atoms with Gasteiger partial charge in [0, 0.05) is 32.1 Å². The van der Waals surface area contributed by atoms with Crippen LogP contribution in [0.2, 0.25) is 0 Å². The Morgan fingerprint density at radius 1 is 1.00 bits per heavy atom. The van der Waals surface area contributed by atoms with E-state index in [1.54, 1.807) is 23.9 Å². The van der Waals surface area contributed by atoms with E-state index < -0.39 is 0 Å². The van der Waals surface area contributed by atoms with Crippen molar-refractivity contribution in [3.8, 4) is 0 Å². The van der Waals surface area contributed by atoms with Gasteiger partial charge in [-0.15, -0.1) is 0 Å². The summed E-state index contributed by atoms with van der Waals surface area (Å²) in [7, 11) is 3.48. The van der Waals surface area contributed by atoms with Gasteiger partial charge in [-0.1, -0.05) is 0 Å². The van der Waals surface area contributed by atoms with Crippen molar-refractivity contribution in [2.45, 2.75) is 32.1 Å². The minimum atomic E-state index is -0.206. The van der Waals surface area contributed by atoms with E-state index in [0.717, 1.165) is 0 Å². The van der Waals surface area contributed by atoms with Crippen LogP contribution >= 0.6 is 0 Å². The van der Waals surface area contributed by atoms with Crippen LogP contribution in [0.5, 0.6) is 0 Å². The van der Waals surface area contributed by atoms with Crippen LogP contribution in [0.3, 0.4) is 0 Å². The van der Waals surface area contributed by atoms with E-state index in [1.165, 1.54) is 0 Å². The van der Waals surface area contributed by atoms with E-state index in [2.05, 4.69) is 10.6 Å². The highest BCUT2D eigenvalue weighted by Crippen LogP contribution is 2.27. The summed E-state index contributed by atoms with van der Waals surface area (Å²) in [5, 5.41) is 5.76. The predicted octanol–water partition coefficient (Wildman–Crippen LogP) is 0.0157. The molecule has 0 aromatic rings. The smallest absolute Gasteiger partial charge is 0.319 e. The summed E-state index contributed by atoms with van der Waals surface area (Å²) < 4.78 is 0. The standard InChI is InChI=1S/C10H18N4O2/c1-5-7-6(2)13(3)10(16)12-8(7)14(4)9(15)11-5/h5-8H,1-4H3,(H,11,15)(H,12,16)/t5-,6+,7+,8-/m0/s1. The topological polar surface area (TPSA) is 64.7 Å². The minimum Gasteiger partial charge on any atom is -0.335 e. The maximum atomic E-state index is 11.7. The fourth-order valence-corrected chi connectivity index (χ4v) is 2.60. The number of nitrogens with one attached hydrogen (secondary N) is 2. The number of amides is 4. The average molecular weight is 226 g/mol. The monoisotopic (exact) mass is 226 g/mol. The lowest BCUT2D eigenvalue weighted by atomic mass is 9.86. The van der Waals surface area contributed by atoms with Crippen molar-refractivity contribution in [2.75, 3.05) is 14.1 Å². The Morgan fingerprint density at radius 2 is 1.56 bits per heavy atom. The largest absolute Gasteiger partial charge is 0.335 e. The highest BCUT2D eigenvalue weighted by molar-refractivity contribution is 5.80. The number of rotatable bonds is 0. The molecule has 0 aromatic carbocycles.